The monoisotopic (exact) mass is 243 g/mol. The largest absolute Gasteiger partial charge is 0.307 e. The van der Waals surface area contributed by atoms with Crippen LogP contribution in [0.15, 0.2) is 24.3 Å². The molecule has 2 fully saturated rings. The highest BCUT2D eigenvalue weighted by molar-refractivity contribution is 5.25. The van der Waals surface area contributed by atoms with E-state index in [0.29, 0.717) is 6.04 Å². The van der Waals surface area contributed by atoms with E-state index in [1.54, 1.807) is 0 Å². The van der Waals surface area contributed by atoms with Crippen LogP contribution in [0, 0.1) is 12.8 Å². The lowest BCUT2D eigenvalue weighted by atomic mass is 9.92. The Balaban J connectivity index is 1.69. The average molecular weight is 243 g/mol. The van der Waals surface area contributed by atoms with Crippen molar-refractivity contribution in [3.63, 3.8) is 0 Å². The lowest BCUT2D eigenvalue weighted by Gasteiger charge is -2.29. The number of aryl methyl sites for hydroxylation is 1. The SMILES string of the molecule is Cc1ccc(C(NC2CCCCC2)C2CC2)cc1. The van der Waals surface area contributed by atoms with Gasteiger partial charge in [0, 0.05) is 12.1 Å². The van der Waals surface area contributed by atoms with E-state index in [0.717, 1.165) is 12.0 Å². The van der Waals surface area contributed by atoms with Gasteiger partial charge in [-0.2, -0.15) is 0 Å². The molecule has 0 amide bonds. The standard InChI is InChI=1S/C17H25N/c1-13-7-9-14(10-8-13)17(15-11-12-15)18-16-5-3-2-4-6-16/h7-10,15-18H,2-6,11-12H2,1H3. The van der Waals surface area contributed by atoms with Crippen LogP contribution >= 0.6 is 0 Å². The van der Waals surface area contributed by atoms with Crippen molar-refractivity contribution in [2.24, 2.45) is 5.92 Å². The van der Waals surface area contributed by atoms with E-state index in [1.807, 2.05) is 0 Å². The molecule has 1 aromatic rings. The molecule has 2 saturated carbocycles. The van der Waals surface area contributed by atoms with Crippen LogP contribution in [0.3, 0.4) is 0 Å². The molecule has 1 heteroatoms. The topological polar surface area (TPSA) is 12.0 Å². The van der Waals surface area contributed by atoms with E-state index in [-0.39, 0.29) is 0 Å². The minimum Gasteiger partial charge on any atom is -0.307 e. The maximum Gasteiger partial charge on any atom is 0.0351 e. The Kier molecular flexibility index (Phi) is 3.69. The molecule has 1 unspecified atom stereocenters. The Morgan fingerprint density at radius 1 is 0.944 bits per heavy atom. The van der Waals surface area contributed by atoms with Crippen molar-refractivity contribution in [2.75, 3.05) is 0 Å². The van der Waals surface area contributed by atoms with Crippen LogP contribution in [0.25, 0.3) is 0 Å². The van der Waals surface area contributed by atoms with Crippen molar-refractivity contribution in [1.29, 1.82) is 0 Å². The zero-order chi connectivity index (χ0) is 12.4. The van der Waals surface area contributed by atoms with Crippen LogP contribution in [0.4, 0.5) is 0 Å². The molecular weight excluding hydrogens is 218 g/mol. The highest BCUT2D eigenvalue weighted by atomic mass is 15.0. The third-order valence-electron chi connectivity index (χ3n) is 4.55. The van der Waals surface area contributed by atoms with E-state index >= 15 is 0 Å². The summed E-state index contributed by atoms with van der Waals surface area (Å²) < 4.78 is 0. The molecule has 1 aromatic carbocycles. The van der Waals surface area contributed by atoms with Crippen molar-refractivity contribution < 1.29 is 0 Å². The lowest BCUT2D eigenvalue weighted by Crippen LogP contribution is -2.35. The van der Waals surface area contributed by atoms with Crippen molar-refractivity contribution in [1.82, 2.24) is 5.32 Å². The Labute approximate surface area is 111 Å². The van der Waals surface area contributed by atoms with Gasteiger partial charge in [-0.3, -0.25) is 0 Å². The van der Waals surface area contributed by atoms with E-state index < -0.39 is 0 Å². The number of rotatable bonds is 4. The molecule has 2 aliphatic carbocycles. The first-order chi connectivity index (χ1) is 8.83. The molecule has 0 aliphatic heterocycles. The first-order valence-corrected chi connectivity index (χ1v) is 7.65. The van der Waals surface area contributed by atoms with Gasteiger partial charge in [0.15, 0.2) is 0 Å². The summed E-state index contributed by atoms with van der Waals surface area (Å²) in [5, 5.41) is 3.95. The highest BCUT2D eigenvalue weighted by Gasteiger charge is 2.33. The molecule has 3 rings (SSSR count). The molecule has 0 radical (unpaired) electrons. The van der Waals surface area contributed by atoms with Gasteiger partial charge in [0.2, 0.25) is 0 Å². The maximum atomic E-state index is 3.95. The zero-order valence-corrected chi connectivity index (χ0v) is 11.5. The van der Waals surface area contributed by atoms with Gasteiger partial charge in [-0.25, -0.2) is 0 Å². The fraction of sp³-hybridized carbons (Fsp3) is 0.647. The summed E-state index contributed by atoms with van der Waals surface area (Å²) in [7, 11) is 0. The number of nitrogens with one attached hydrogen (secondary N) is 1. The summed E-state index contributed by atoms with van der Waals surface area (Å²) >= 11 is 0. The summed E-state index contributed by atoms with van der Waals surface area (Å²) in [4.78, 5) is 0. The Hall–Kier alpha value is -0.820. The summed E-state index contributed by atoms with van der Waals surface area (Å²) in [5.74, 6) is 0.898. The van der Waals surface area contributed by atoms with Crippen LogP contribution in [0.1, 0.15) is 62.1 Å². The van der Waals surface area contributed by atoms with Crippen LogP contribution < -0.4 is 5.32 Å². The van der Waals surface area contributed by atoms with Gasteiger partial charge in [0.05, 0.1) is 0 Å². The van der Waals surface area contributed by atoms with Crippen molar-refractivity contribution in [3.05, 3.63) is 35.4 Å². The molecule has 1 nitrogen and oxygen atoms in total. The van der Waals surface area contributed by atoms with Gasteiger partial charge in [0.25, 0.3) is 0 Å². The molecule has 98 valence electrons. The Morgan fingerprint density at radius 2 is 1.61 bits per heavy atom. The number of hydrogen-bond acceptors (Lipinski definition) is 1. The van der Waals surface area contributed by atoms with Gasteiger partial charge in [-0.05, 0) is 44.1 Å². The normalized spacial score (nSPS) is 22.9. The maximum absolute atomic E-state index is 3.95. The quantitative estimate of drug-likeness (QED) is 0.828. The fourth-order valence-electron chi connectivity index (χ4n) is 3.23. The second-order valence-electron chi connectivity index (χ2n) is 6.23. The fourth-order valence-corrected chi connectivity index (χ4v) is 3.23. The first-order valence-electron chi connectivity index (χ1n) is 7.65. The van der Waals surface area contributed by atoms with Gasteiger partial charge >= 0.3 is 0 Å². The third-order valence-corrected chi connectivity index (χ3v) is 4.55. The molecule has 1 N–H and O–H groups in total. The van der Waals surface area contributed by atoms with Crippen LogP contribution in [0.5, 0.6) is 0 Å². The minimum absolute atomic E-state index is 0.619. The summed E-state index contributed by atoms with van der Waals surface area (Å²) in [5.41, 5.74) is 2.87. The average Bonchev–Trinajstić information content (AvgIpc) is 3.23. The predicted octanol–water partition coefficient (Wildman–Crippen LogP) is 4.37. The second-order valence-corrected chi connectivity index (χ2v) is 6.23. The van der Waals surface area contributed by atoms with Gasteiger partial charge in [-0.15, -0.1) is 0 Å². The van der Waals surface area contributed by atoms with E-state index in [1.165, 1.54) is 56.1 Å². The molecule has 18 heavy (non-hydrogen) atoms. The second kappa shape index (κ2) is 5.44. The molecule has 0 bridgehead atoms. The lowest BCUT2D eigenvalue weighted by molar-refractivity contribution is 0.323. The summed E-state index contributed by atoms with van der Waals surface area (Å²) in [6.07, 6.45) is 9.88. The van der Waals surface area contributed by atoms with Crippen LogP contribution in [0.2, 0.25) is 0 Å². The van der Waals surface area contributed by atoms with E-state index in [9.17, 15) is 0 Å². The van der Waals surface area contributed by atoms with Gasteiger partial charge in [-0.1, -0.05) is 49.1 Å². The van der Waals surface area contributed by atoms with Crippen LogP contribution in [-0.4, -0.2) is 6.04 Å². The smallest absolute Gasteiger partial charge is 0.0351 e. The van der Waals surface area contributed by atoms with E-state index in [4.69, 9.17) is 0 Å². The van der Waals surface area contributed by atoms with Gasteiger partial charge in [0.1, 0.15) is 0 Å². The number of hydrogen-bond donors (Lipinski definition) is 1. The van der Waals surface area contributed by atoms with Crippen molar-refractivity contribution in [3.8, 4) is 0 Å². The first kappa shape index (κ1) is 12.2. The molecular formula is C17H25N. The third kappa shape index (κ3) is 2.95. The summed E-state index contributed by atoms with van der Waals surface area (Å²) in [6, 6.07) is 10.6. The Bertz CT molecular complexity index is 371. The van der Waals surface area contributed by atoms with Gasteiger partial charge < -0.3 is 5.32 Å². The summed E-state index contributed by atoms with van der Waals surface area (Å²) in [6.45, 7) is 2.17. The van der Waals surface area contributed by atoms with Crippen molar-refractivity contribution >= 4 is 0 Å². The Morgan fingerprint density at radius 3 is 2.22 bits per heavy atom. The van der Waals surface area contributed by atoms with E-state index in [2.05, 4.69) is 36.5 Å². The zero-order valence-electron chi connectivity index (χ0n) is 11.5. The molecule has 0 spiro atoms. The molecule has 2 aliphatic rings. The number of benzene rings is 1. The highest BCUT2D eigenvalue weighted by Crippen LogP contribution is 2.41. The van der Waals surface area contributed by atoms with Crippen LogP contribution in [-0.2, 0) is 0 Å². The molecule has 0 aromatic heterocycles. The molecule has 1 atom stereocenters. The van der Waals surface area contributed by atoms with Crippen molar-refractivity contribution in [2.45, 2.75) is 64.0 Å². The molecule has 0 saturated heterocycles. The molecule has 0 heterocycles. The predicted molar refractivity (Wildman–Crippen MR) is 76.7 cm³/mol. The minimum atomic E-state index is 0.619.